The molecule has 1 unspecified atom stereocenters. The van der Waals surface area contributed by atoms with Gasteiger partial charge in [-0.25, -0.2) is 4.79 Å². The summed E-state index contributed by atoms with van der Waals surface area (Å²) in [5.41, 5.74) is -0.387. The van der Waals surface area contributed by atoms with Crippen molar-refractivity contribution in [2.75, 3.05) is 20.3 Å². The molecule has 0 N–H and O–H groups in total. The molecule has 5 heteroatoms. The van der Waals surface area contributed by atoms with Crippen molar-refractivity contribution in [3.63, 3.8) is 0 Å². The van der Waals surface area contributed by atoms with Crippen LogP contribution in [0.5, 0.6) is 0 Å². The SMILES string of the molecule is C#CCC1(CO[Si](c2ccccc2)(c2ccccc2)C(C)(C)C)CO/C(=C\C(=O)OC)C1. The Morgan fingerprint density at radius 2 is 1.69 bits per heavy atom. The van der Waals surface area contributed by atoms with E-state index in [0.717, 1.165) is 0 Å². The number of carbonyl (C=O) groups is 1. The number of ether oxygens (including phenoxy) is 2. The van der Waals surface area contributed by atoms with Gasteiger partial charge in [-0.15, -0.1) is 12.3 Å². The second kappa shape index (κ2) is 9.77. The predicted octanol–water partition coefficient (Wildman–Crippen LogP) is 4.05. The van der Waals surface area contributed by atoms with E-state index in [2.05, 4.69) is 75.2 Å². The number of carbonyl (C=O) groups excluding carboxylic acids is 1. The van der Waals surface area contributed by atoms with Gasteiger partial charge in [0.2, 0.25) is 0 Å². The van der Waals surface area contributed by atoms with Gasteiger partial charge in [-0.05, 0) is 15.4 Å². The van der Waals surface area contributed by atoms with E-state index in [0.29, 0.717) is 31.8 Å². The number of allylic oxidation sites excluding steroid dienone is 1. The summed E-state index contributed by atoms with van der Waals surface area (Å²) < 4.78 is 17.7. The van der Waals surface area contributed by atoms with Crippen LogP contribution in [0.25, 0.3) is 0 Å². The molecule has 0 bridgehead atoms. The van der Waals surface area contributed by atoms with E-state index in [1.807, 2.05) is 12.1 Å². The third-order valence-electron chi connectivity index (χ3n) is 6.08. The summed E-state index contributed by atoms with van der Waals surface area (Å²) in [5.74, 6) is 2.97. The predicted molar refractivity (Wildman–Crippen MR) is 130 cm³/mol. The zero-order valence-corrected chi connectivity index (χ0v) is 20.4. The van der Waals surface area contributed by atoms with E-state index < -0.39 is 14.3 Å². The van der Waals surface area contributed by atoms with Crippen molar-refractivity contribution in [3.05, 3.63) is 72.5 Å². The summed E-state index contributed by atoms with van der Waals surface area (Å²) in [7, 11) is -1.33. The molecule has 1 saturated heterocycles. The third-order valence-corrected chi connectivity index (χ3v) is 11.1. The number of esters is 1. The minimum absolute atomic E-state index is 0.128. The average molecular weight is 449 g/mol. The van der Waals surface area contributed by atoms with Gasteiger partial charge in [0.15, 0.2) is 0 Å². The van der Waals surface area contributed by atoms with Crippen molar-refractivity contribution in [2.45, 2.75) is 38.7 Å². The molecule has 0 aromatic heterocycles. The van der Waals surface area contributed by atoms with Gasteiger partial charge in [0.1, 0.15) is 5.76 Å². The fourth-order valence-corrected chi connectivity index (χ4v) is 9.18. The first-order valence-corrected chi connectivity index (χ1v) is 12.8. The maximum atomic E-state index is 11.7. The lowest BCUT2D eigenvalue weighted by molar-refractivity contribution is -0.135. The summed E-state index contributed by atoms with van der Waals surface area (Å²) in [5, 5.41) is 2.31. The van der Waals surface area contributed by atoms with Crippen molar-refractivity contribution in [1.29, 1.82) is 0 Å². The second-order valence-corrected chi connectivity index (χ2v) is 13.7. The molecule has 2 aromatic rings. The van der Waals surface area contributed by atoms with Gasteiger partial charge in [-0.3, -0.25) is 0 Å². The topological polar surface area (TPSA) is 44.8 Å². The lowest BCUT2D eigenvalue weighted by Gasteiger charge is -2.44. The molecule has 1 fully saturated rings. The van der Waals surface area contributed by atoms with Crippen molar-refractivity contribution < 1.29 is 18.7 Å². The average Bonchev–Trinajstić information content (AvgIpc) is 3.17. The van der Waals surface area contributed by atoms with E-state index in [4.69, 9.17) is 20.3 Å². The maximum Gasteiger partial charge on any atom is 0.333 e. The highest BCUT2D eigenvalue weighted by Gasteiger charge is 2.52. The molecule has 0 amide bonds. The summed E-state index contributed by atoms with van der Waals surface area (Å²) in [6, 6.07) is 21.0. The van der Waals surface area contributed by atoms with Gasteiger partial charge in [0, 0.05) is 24.9 Å². The van der Waals surface area contributed by atoms with Gasteiger partial charge < -0.3 is 13.9 Å². The van der Waals surface area contributed by atoms with Crippen LogP contribution < -0.4 is 10.4 Å². The zero-order chi connectivity index (χ0) is 23.2. The number of hydrogen-bond acceptors (Lipinski definition) is 4. The van der Waals surface area contributed by atoms with Gasteiger partial charge in [0.05, 0.1) is 19.8 Å². The van der Waals surface area contributed by atoms with Crippen molar-refractivity contribution in [2.24, 2.45) is 5.41 Å². The van der Waals surface area contributed by atoms with Crippen LogP contribution in [0.3, 0.4) is 0 Å². The number of benzene rings is 2. The van der Waals surface area contributed by atoms with Crippen molar-refractivity contribution in [1.82, 2.24) is 0 Å². The fourth-order valence-electron chi connectivity index (χ4n) is 4.50. The van der Waals surface area contributed by atoms with Crippen LogP contribution in [0.1, 0.15) is 33.6 Å². The largest absolute Gasteiger partial charge is 0.497 e. The number of rotatable bonds is 7. The Balaban J connectivity index is 2.03. The number of methoxy groups -OCH3 is 1. The molecule has 168 valence electrons. The highest BCUT2D eigenvalue weighted by molar-refractivity contribution is 6.99. The van der Waals surface area contributed by atoms with Crippen LogP contribution in [0.2, 0.25) is 5.04 Å². The van der Waals surface area contributed by atoms with Gasteiger partial charge in [-0.2, -0.15) is 0 Å². The molecule has 4 nitrogen and oxygen atoms in total. The molecule has 1 aliphatic heterocycles. The Hall–Kier alpha value is -2.81. The Bertz CT molecular complexity index is 946. The lowest BCUT2D eigenvalue weighted by Crippen LogP contribution is -2.67. The molecule has 1 atom stereocenters. The summed E-state index contributed by atoms with van der Waals surface area (Å²) in [4.78, 5) is 11.7. The summed E-state index contributed by atoms with van der Waals surface area (Å²) >= 11 is 0. The molecule has 1 heterocycles. The first-order chi connectivity index (χ1) is 15.3. The number of terminal acetylenes is 1. The fraction of sp³-hybridized carbons (Fsp3) is 0.370. The van der Waals surface area contributed by atoms with Crippen LogP contribution in [0, 0.1) is 17.8 Å². The molecule has 0 radical (unpaired) electrons. The Morgan fingerprint density at radius 1 is 1.12 bits per heavy atom. The highest BCUT2D eigenvalue weighted by atomic mass is 28.4. The number of hydrogen-bond donors (Lipinski definition) is 0. The van der Waals surface area contributed by atoms with Gasteiger partial charge in [-0.1, -0.05) is 81.4 Å². The van der Waals surface area contributed by atoms with E-state index in [9.17, 15) is 4.79 Å². The lowest BCUT2D eigenvalue weighted by atomic mass is 9.84. The zero-order valence-electron chi connectivity index (χ0n) is 19.4. The first kappa shape index (κ1) is 23.8. The van der Waals surface area contributed by atoms with E-state index >= 15 is 0 Å². The Labute approximate surface area is 192 Å². The molecule has 3 rings (SSSR count). The maximum absolute atomic E-state index is 11.7. The highest BCUT2D eigenvalue weighted by Crippen LogP contribution is 2.42. The quantitative estimate of drug-likeness (QED) is 0.277. The molecular weight excluding hydrogens is 416 g/mol. The molecule has 2 aromatic carbocycles. The van der Waals surface area contributed by atoms with Crippen molar-refractivity contribution >= 4 is 24.7 Å². The molecule has 32 heavy (non-hydrogen) atoms. The minimum Gasteiger partial charge on any atom is -0.497 e. The van der Waals surface area contributed by atoms with Crippen LogP contribution in [0.15, 0.2) is 72.5 Å². The van der Waals surface area contributed by atoms with E-state index in [1.54, 1.807) is 0 Å². The van der Waals surface area contributed by atoms with E-state index in [1.165, 1.54) is 23.6 Å². The molecular formula is C27H32O4Si. The standard InChI is InChI=1S/C27H32O4Si/c1-6-17-27(19-22(30-20-27)18-25(28)29-5)21-31-32(26(2,3)4,23-13-9-7-10-14-23)24-15-11-8-12-16-24/h1,7-16,18H,17,19-21H2,2-5H3/b22-18-. The van der Waals surface area contributed by atoms with Crippen LogP contribution >= 0.6 is 0 Å². The third kappa shape index (κ3) is 4.82. The second-order valence-electron chi connectivity index (χ2n) is 9.43. The van der Waals surface area contributed by atoms with E-state index in [-0.39, 0.29) is 10.5 Å². The van der Waals surface area contributed by atoms with Crippen LogP contribution in [-0.4, -0.2) is 34.6 Å². The van der Waals surface area contributed by atoms with Crippen LogP contribution in [0.4, 0.5) is 0 Å². The monoisotopic (exact) mass is 448 g/mol. The van der Waals surface area contributed by atoms with Gasteiger partial charge in [0.25, 0.3) is 8.32 Å². The summed E-state index contributed by atoms with van der Waals surface area (Å²) in [6.07, 6.45) is 8.21. The normalized spacial score (nSPS) is 19.9. The first-order valence-electron chi connectivity index (χ1n) is 10.9. The van der Waals surface area contributed by atoms with Crippen molar-refractivity contribution in [3.8, 4) is 12.3 Å². The molecule has 0 aliphatic carbocycles. The van der Waals surface area contributed by atoms with Crippen LogP contribution in [-0.2, 0) is 18.7 Å². The molecule has 1 aliphatic rings. The Kier molecular flexibility index (Phi) is 7.28. The molecule has 0 saturated carbocycles. The minimum atomic E-state index is -2.69. The molecule has 0 spiro atoms. The Morgan fingerprint density at radius 3 is 2.16 bits per heavy atom. The smallest absolute Gasteiger partial charge is 0.333 e. The van der Waals surface area contributed by atoms with Gasteiger partial charge >= 0.3 is 5.97 Å². The summed E-state index contributed by atoms with van der Waals surface area (Å²) in [6.45, 7) is 7.61.